The molecule has 2 heterocycles. The summed E-state index contributed by atoms with van der Waals surface area (Å²) in [6.07, 6.45) is 6.84. The molecule has 3 aliphatic carbocycles. The average molecular weight is 496 g/mol. The number of carbonyl (C=O) groups is 2. The molecule has 5 rings (SSSR count). The van der Waals surface area contributed by atoms with Crippen LogP contribution >= 0.6 is 0 Å². The zero-order valence-electron chi connectivity index (χ0n) is 21.9. The molecule has 5 atom stereocenters. The molecule has 0 spiro atoms. The lowest BCUT2D eigenvalue weighted by molar-refractivity contribution is -0.122. The molecule has 3 N–H and O–H groups in total. The first kappa shape index (κ1) is 25.8. The summed E-state index contributed by atoms with van der Waals surface area (Å²) in [6.45, 7) is 12.1. The van der Waals surface area contributed by atoms with Crippen molar-refractivity contribution in [3.63, 3.8) is 0 Å². The Balaban J connectivity index is 1.55. The lowest BCUT2D eigenvalue weighted by Crippen LogP contribution is -2.58. The van der Waals surface area contributed by atoms with Crippen LogP contribution in [0.3, 0.4) is 0 Å². The SMILES string of the molecule is CC(C)NC(=O)c1c(N[C@@H]2C[C@@H]3C[C@H]([C@H]2C)C3(C)C)cnn(CC(=O)N[C@H](C)c2ccnnc2)c1=O. The van der Waals surface area contributed by atoms with E-state index in [9.17, 15) is 14.4 Å². The Bertz CT molecular complexity index is 1180. The molecule has 3 aliphatic rings. The van der Waals surface area contributed by atoms with E-state index in [0.717, 1.165) is 16.7 Å². The van der Waals surface area contributed by atoms with Gasteiger partial charge in [-0.3, -0.25) is 14.4 Å². The van der Waals surface area contributed by atoms with Crippen LogP contribution in [0.4, 0.5) is 5.69 Å². The molecular weight excluding hydrogens is 458 g/mol. The topological polar surface area (TPSA) is 131 Å². The molecule has 3 saturated carbocycles. The first-order valence-corrected chi connectivity index (χ1v) is 12.7. The number of aromatic nitrogens is 4. The Hall–Kier alpha value is -3.30. The van der Waals surface area contributed by atoms with Gasteiger partial charge in [-0.2, -0.15) is 15.3 Å². The van der Waals surface area contributed by atoms with E-state index in [-0.39, 0.29) is 30.2 Å². The summed E-state index contributed by atoms with van der Waals surface area (Å²) in [7, 11) is 0. The lowest BCUT2D eigenvalue weighted by atomic mass is 9.45. The first-order chi connectivity index (χ1) is 17.0. The van der Waals surface area contributed by atoms with Crippen molar-refractivity contribution >= 4 is 17.5 Å². The summed E-state index contributed by atoms with van der Waals surface area (Å²) in [5, 5.41) is 20.9. The fourth-order valence-electron chi connectivity index (χ4n) is 5.87. The van der Waals surface area contributed by atoms with Gasteiger partial charge in [0.05, 0.1) is 24.1 Å². The van der Waals surface area contributed by atoms with Gasteiger partial charge in [0, 0.05) is 18.3 Å². The van der Waals surface area contributed by atoms with Crippen molar-refractivity contribution in [2.24, 2.45) is 23.2 Å². The zero-order chi connectivity index (χ0) is 26.2. The summed E-state index contributed by atoms with van der Waals surface area (Å²) in [4.78, 5) is 39.2. The number of anilines is 1. The van der Waals surface area contributed by atoms with Crippen LogP contribution in [0.1, 0.15) is 76.3 Å². The molecule has 194 valence electrons. The second-order valence-electron chi connectivity index (χ2n) is 11.2. The van der Waals surface area contributed by atoms with Crippen LogP contribution < -0.4 is 21.5 Å². The minimum atomic E-state index is -0.597. The number of carbonyl (C=O) groups excluding carboxylic acids is 2. The maximum Gasteiger partial charge on any atom is 0.282 e. The molecule has 10 heteroatoms. The molecule has 36 heavy (non-hydrogen) atoms. The molecule has 2 aromatic rings. The van der Waals surface area contributed by atoms with Crippen LogP contribution in [0, 0.1) is 23.2 Å². The third-order valence-corrected chi connectivity index (χ3v) is 8.16. The third-order valence-electron chi connectivity index (χ3n) is 8.16. The van der Waals surface area contributed by atoms with Crippen molar-refractivity contribution in [1.82, 2.24) is 30.6 Å². The average Bonchev–Trinajstić information content (AvgIpc) is 2.81. The van der Waals surface area contributed by atoms with Crippen molar-refractivity contribution in [2.75, 3.05) is 5.32 Å². The third kappa shape index (κ3) is 4.99. The summed E-state index contributed by atoms with van der Waals surface area (Å²) in [6, 6.07) is 1.44. The van der Waals surface area contributed by atoms with Gasteiger partial charge in [-0.15, -0.1) is 0 Å². The zero-order valence-corrected chi connectivity index (χ0v) is 21.9. The van der Waals surface area contributed by atoms with Crippen LogP contribution in [-0.4, -0.2) is 43.9 Å². The van der Waals surface area contributed by atoms with Gasteiger partial charge in [-0.05, 0) is 68.4 Å². The maximum absolute atomic E-state index is 13.4. The molecule has 0 saturated heterocycles. The van der Waals surface area contributed by atoms with Crippen LogP contribution in [0.2, 0.25) is 0 Å². The highest BCUT2D eigenvalue weighted by atomic mass is 16.2. The van der Waals surface area contributed by atoms with Gasteiger partial charge in [0.1, 0.15) is 12.1 Å². The molecule has 0 aliphatic heterocycles. The fraction of sp³-hybridized carbons (Fsp3) is 0.615. The summed E-state index contributed by atoms with van der Waals surface area (Å²) < 4.78 is 1.04. The Kier molecular flexibility index (Phi) is 7.15. The molecule has 2 amide bonds. The van der Waals surface area contributed by atoms with Gasteiger partial charge in [0.25, 0.3) is 11.5 Å². The number of nitrogens with one attached hydrogen (secondary N) is 3. The van der Waals surface area contributed by atoms with E-state index in [1.165, 1.54) is 12.6 Å². The van der Waals surface area contributed by atoms with Crippen molar-refractivity contribution in [1.29, 1.82) is 0 Å². The van der Waals surface area contributed by atoms with Gasteiger partial charge in [-0.1, -0.05) is 20.8 Å². The number of nitrogens with zero attached hydrogens (tertiary/aromatic N) is 4. The molecule has 3 fully saturated rings. The van der Waals surface area contributed by atoms with Gasteiger partial charge in [-0.25, -0.2) is 4.68 Å². The second kappa shape index (κ2) is 9.99. The van der Waals surface area contributed by atoms with Crippen molar-refractivity contribution in [2.45, 2.75) is 79.1 Å². The quantitative estimate of drug-likeness (QED) is 0.513. The number of hydrogen-bond donors (Lipinski definition) is 3. The van der Waals surface area contributed by atoms with E-state index in [4.69, 9.17) is 0 Å². The highest BCUT2D eigenvalue weighted by molar-refractivity contribution is 5.99. The summed E-state index contributed by atoms with van der Waals surface area (Å²) in [5.41, 5.74) is 0.928. The molecule has 2 aromatic heterocycles. The van der Waals surface area contributed by atoms with Crippen LogP contribution in [0.25, 0.3) is 0 Å². The van der Waals surface area contributed by atoms with Crippen molar-refractivity contribution < 1.29 is 9.59 Å². The van der Waals surface area contributed by atoms with E-state index in [1.807, 2.05) is 20.8 Å². The standard InChI is InChI=1S/C26H37N7O3/c1-14(2)30-24(35)23-21(32-20-10-18-9-19(15(20)3)26(18,5)6)12-29-33(25(23)36)13-22(34)31-16(4)17-7-8-27-28-11-17/h7-8,11-12,14-16,18-20,32H,9-10,13H2,1-6H3,(H,30,35)(H,31,34)/t15-,16-,18+,19-,20-/m1/s1. The smallest absolute Gasteiger partial charge is 0.282 e. The van der Waals surface area contributed by atoms with Gasteiger partial charge < -0.3 is 16.0 Å². The van der Waals surface area contributed by atoms with Crippen molar-refractivity contribution in [3.05, 3.63) is 46.1 Å². The van der Waals surface area contributed by atoms with Gasteiger partial charge in [0.15, 0.2) is 0 Å². The van der Waals surface area contributed by atoms with E-state index < -0.39 is 17.4 Å². The monoisotopic (exact) mass is 495 g/mol. The lowest BCUT2D eigenvalue weighted by Gasteiger charge is -2.62. The van der Waals surface area contributed by atoms with Crippen molar-refractivity contribution in [3.8, 4) is 0 Å². The fourth-order valence-corrected chi connectivity index (χ4v) is 5.87. The Morgan fingerprint density at radius 2 is 1.89 bits per heavy atom. The molecule has 10 nitrogen and oxygen atoms in total. The van der Waals surface area contributed by atoms with E-state index in [0.29, 0.717) is 28.9 Å². The minimum absolute atomic E-state index is 0.0106. The number of hydrogen-bond acceptors (Lipinski definition) is 7. The predicted molar refractivity (Wildman–Crippen MR) is 136 cm³/mol. The predicted octanol–water partition coefficient (Wildman–Crippen LogP) is 2.53. The highest BCUT2D eigenvalue weighted by Gasteiger charge is 2.56. The minimum Gasteiger partial charge on any atom is -0.380 e. The Morgan fingerprint density at radius 1 is 1.14 bits per heavy atom. The highest BCUT2D eigenvalue weighted by Crippen LogP contribution is 2.61. The van der Waals surface area contributed by atoms with Crippen LogP contribution in [-0.2, 0) is 11.3 Å². The molecular formula is C26H37N7O3. The number of rotatable bonds is 8. The first-order valence-electron chi connectivity index (χ1n) is 12.7. The van der Waals surface area contributed by atoms with E-state index >= 15 is 0 Å². The normalized spacial score (nSPS) is 25.0. The van der Waals surface area contributed by atoms with E-state index in [2.05, 4.69) is 52.0 Å². The summed E-state index contributed by atoms with van der Waals surface area (Å²) in [5.74, 6) is 0.769. The number of fused-ring (bicyclic) bond motifs is 2. The van der Waals surface area contributed by atoms with Crippen LogP contribution in [0.15, 0.2) is 29.5 Å². The maximum atomic E-state index is 13.4. The largest absolute Gasteiger partial charge is 0.380 e. The summed E-state index contributed by atoms with van der Waals surface area (Å²) >= 11 is 0. The Labute approximate surface area is 211 Å². The van der Waals surface area contributed by atoms with Crippen LogP contribution in [0.5, 0.6) is 0 Å². The van der Waals surface area contributed by atoms with Gasteiger partial charge >= 0.3 is 0 Å². The molecule has 0 radical (unpaired) electrons. The van der Waals surface area contributed by atoms with Gasteiger partial charge in [0.2, 0.25) is 5.91 Å². The van der Waals surface area contributed by atoms with E-state index in [1.54, 1.807) is 18.5 Å². The molecule has 2 bridgehead atoms. The second-order valence-corrected chi connectivity index (χ2v) is 11.2. The number of amides is 2. The molecule has 0 aromatic carbocycles. The molecule has 0 unspecified atom stereocenters. The Morgan fingerprint density at radius 3 is 2.50 bits per heavy atom.